The zero-order chi connectivity index (χ0) is 29.8. The number of piperazine rings is 1. The van der Waals surface area contributed by atoms with E-state index in [0.29, 0.717) is 5.69 Å². The van der Waals surface area contributed by atoms with Crippen molar-refractivity contribution in [1.29, 1.82) is 0 Å². The molecule has 1 heterocycles. The highest BCUT2D eigenvalue weighted by Gasteiger charge is 2.32. The molecule has 0 aromatic heterocycles. The lowest BCUT2D eigenvalue weighted by Crippen LogP contribution is -2.48. The number of aliphatic hydroxyl groups is 1. The van der Waals surface area contributed by atoms with E-state index in [1.807, 2.05) is 0 Å². The maximum atomic E-state index is 13.2. The van der Waals surface area contributed by atoms with Crippen LogP contribution in [-0.2, 0) is 26.2 Å². The predicted octanol–water partition coefficient (Wildman–Crippen LogP) is 2.74. The summed E-state index contributed by atoms with van der Waals surface area (Å²) < 4.78 is 94.0. The van der Waals surface area contributed by atoms with Crippen molar-refractivity contribution in [3.05, 3.63) is 83.9 Å². The molecule has 0 bridgehead atoms. The lowest BCUT2D eigenvalue weighted by atomic mass is 10.1. The minimum atomic E-state index is -4.48. The van der Waals surface area contributed by atoms with Gasteiger partial charge in [0.25, 0.3) is 5.91 Å². The fourth-order valence-corrected chi connectivity index (χ4v) is 6.92. The normalized spacial score (nSPS) is 15.1. The van der Waals surface area contributed by atoms with Crippen LogP contribution in [0.25, 0.3) is 0 Å². The number of anilines is 2. The Hall–Kier alpha value is -3.50. The van der Waals surface area contributed by atoms with Crippen LogP contribution in [0.2, 0.25) is 0 Å². The Kier molecular flexibility index (Phi) is 9.03. The van der Waals surface area contributed by atoms with E-state index < -0.39 is 44.3 Å². The zero-order valence-corrected chi connectivity index (χ0v) is 23.1. The molecule has 3 aromatic rings. The second-order valence-electron chi connectivity index (χ2n) is 9.04. The molecule has 1 amide bonds. The molecule has 220 valence electrons. The largest absolute Gasteiger partial charge is 0.416 e. The minimum absolute atomic E-state index is 0.0424. The number of rotatable bonds is 9. The van der Waals surface area contributed by atoms with Crippen LogP contribution >= 0.6 is 0 Å². The maximum absolute atomic E-state index is 13.2. The summed E-state index contributed by atoms with van der Waals surface area (Å²) >= 11 is 0. The van der Waals surface area contributed by atoms with Gasteiger partial charge >= 0.3 is 6.18 Å². The number of aliphatic hydroxyl groups excluding tert-OH is 1. The SMILES string of the molecule is O=C(Nc1ccc(S(=O)(=O)N2CCN(c3cccc(C(F)(F)F)c3)CC2)cc1)c1ccccc1S(=O)(=O)NCCO. The highest BCUT2D eigenvalue weighted by molar-refractivity contribution is 7.89. The van der Waals surface area contributed by atoms with E-state index >= 15 is 0 Å². The fraction of sp³-hybridized carbons (Fsp3) is 0.269. The summed E-state index contributed by atoms with van der Waals surface area (Å²) in [6.45, 7) is -0.128. The molecule has 3 N–H and O–H groups in total. The van der Waals surface area contributed by atoms with Gasteiger partial charge in [-0.05, 0) is 54.6 Å². The van der Waals surface area contributed by atoms with E-state index in [0.717, 1.165) is 12.1 Å². The Labute approximate surface area is 235 Å². The summed E-state index contributed by atoms with van der Waals surface area (Å²) in [5.74, 6) is -0.740. The number of hydrogen-bond donors (Lipinski definition) is 3. The van der Waals surface area contributed by atoms with Crippen molar-refractivity contribution in [1.82, 2.24) is 9.03 Å². The van der Waals surface area contributed by atoms with Crippen molar-refractivity contribution in [3.63, 3.8) is 0 Å². The molecule has 0 atom stereocenters. The van der Waals surface area contributed by atoms with Gasteiger partial charge in [0.2, 0.25) is 20.0 Å². The average molecular weight is 613 g/mol. The van der Waals surface area contributed by atoms with Crippen LogP contribution in [0, 0.1) is 0 Å². The van der Waals surface area contributed by atoms with Crippen LogP contribution in [0.15, 0.2) is 82.6 Å². The molecule has 4 rings (SSSR count). The monoisotopic (exact) mass is 612 g/mol. The Bertz CT molecular complexity index is 1610. The summed E-state index contributed by atoms with van der Waals surface area (Å²) in [6, 6.07) is 15.7. The number of sulfonamides is 2. The molecule has 0 unspecified atom stereocenters. The van der Waals surface area contributed by atoms with Crippen LogP contribution in [0.4, 0.5) is 24.5 Å². The molecule has 1 saturated heterocycles. The molecule has 1 fully saturated rings. The molecule has 0 spiro atoms. The molecule has 1 aliphatic heterocycles. The Morgan fingerprint density at radius 3 is 2.17 bits per heavy atom. The number of alkyl halides is 3. The van der Waals surface area contributed by atoms with Crippen molar-refractivity contribution in [2.24, 2.45) is 0 Å². The van der Waals surface area contributed by atoms with Gasteiger partial charge in [0.05, 0.1) is 27.5 Å². The molecule has 0 saturated carbocycles. The molecular formula is C26H27F3N4O6S2. The standard InChI is InChI=1S/C26H27F3N4O6S2/c27-26(28,29)19-4-3-5-21(18-19)32-13-15-33(16-14-32)41(38,39)22-10-8-20(9-11-22)31-25(35)23-6-1-2-7-24(23)40(36,37)30-12-17-34/h1-11,18,30,34H,12-17H2,(H,31,35). The van der Waals surface area contributed by atoms with Gasteiger partial charge in [0.15, 0.2) is 0 Å². The van der Waals surface area contributed by atoms with Gasteiger partial charge < -0.3 is 15.3 Å². The second kappa shape index (κ2) is 12.2. The number of halogens is 3. The van der Waals surface area contributed by atoms with Crippen molar-refractivity contribution in [2.75, 3.05) is 49.5 Å². The van der Waals surface area contributed by atoms with Gasteiger partial charge in [-0.1, -0.05) is 18.2 Å². The Morgan fingerprint density at radius 2 is 1.54 bits per heavy atom. The first-order chi connectivity index (χ1) is 19.3. The van der Waals surface area contributed by atoms with Crippen LogP contribution in [0.3, 0.4) is 0 Å². The number of carbonyl (C=O) groups excluding carboxylic acids is 1. The third kappa shape index (κ3) is 7.05. The van der Waals surface area contributed by atoms with E-state index in [1.54, 1.807) is 11.0 Å². The summed E-state index contributed by atoms with van der Waals surface area (Å²) in [5, 5.41) is 11.5. The average Bonchev–Trinajstić information content (AvgIpc) is 2.96. The molecule has 10 nitrogen and oxygen atoms in total. The van der Waals surface area contributed by atoms with Gasteiger partial charge in [-0.25, -0.2) is 21.6 Å². The highest BCUT2D eigenvalue weighted by atomic mass is 32.2. The molecular weight excluding hydrogens is 585 g/mol. The first kappa shape index (κ1) is 30.5. The van der Waals surface area contributed by atoms with E-state index in [9.17, 15) is 34.8 Å². The molecule has 3 aromatic carbocycles. The lowest BCUT2D eigenvalue weighted by Gasteiger charge is -2.35. The third-order valence-electron chi connectivity index (χ3n) is 6.35. The van der Waals surface area contributed by atoms with Gasteiger partial charge in [-0.2, -0.15) is 17.5 Å². The van der Waals surface area contributed by atoms with Crippen molar-refractivity contribution in [3.8, 4) is 0 Å². The highest BCUT2D eigenvalue weighted by Crippen LogP contribution is 2.32. The first-order valence-electron chi connectivity index (χ1n) is 12.4. The zero-order valence-electron chi connectivity index (χ0n) is 21.5. The van der Waals surface area contributed by atoms with Crippen LogP contribution in [0.1, 0.15) is 15.9 Å². The molecule has 1 aliphatic rings. The van der Waals surface area contributed by atoms with E-state index in [2.05, 4.69) is 10.0 Å². The first-order valence-corrected chi connectivity index (χ1v) is 15.3. The maximum Gasteiger partial charge on any atom is 0.416 e. The molecule has 0 radical (unpaired) electrons. The predicted molar refractivity (Wildman–Crippen MR) is 146 cm³/mol. The summed E-state index contributed by atoms with van der Waals surface area (Å²) in [6.07, 6.45) is -4.48. The minimum Gasteiger partial charge on any atom is -0.395 e. The van der Waals surface area contributed by atoms with Crippen molar-refractivity contribution >= 4 is 37.3 Å². The molecule has 41 heavy (non-hydrogen) atoms. The van der Waals surface area contributed by atoms with Gasteiger partial charge in [0, 0.05) is 44.1 Å². The van der Waals surface area contributed by atoms with Crippen LogP contribution < -0.4 is 14.9 Å². The number of carbonyl (C=O) groups is 1. The second-order valence-corrected chi connectivity index (χ2v) is 12.7. The van der Waals surface area contributed by atoms with Gasteiger partial charge in [-0.15, -0.1) is 0 Å². The fourth-order valence-electron chi connectivity index (χ4n) is 4.27. The quantitative estimate of drug-likeness (QED) is 0.338. The lowest BCUT2D eigenvalue weighted by molar-refractivity contribution is -0.137. The van der Waals surface area contributed by atoms with E-state index in [1.165, 1.54) is 58.9 Å². The van der Waals surface area contributed by atoms with Crippen molar-refractivity contribution < 1.29 is 39.9 Å². The number of nitrogens with zero attached hydrogens (tertiary/aromatic N) is 2. The Balaban J connectivity index is 1.42. The van der Waals surface area contributed by atoms with Crippen molar-refractivity contribution in [2.45, 2.75) is 16.0 Å². The van der Waals surface area contributed by atoms with E-state index in [-0.39, 0.29) is 53.8 Å². The van der Waals surface area contributed by atoms with Gasteiger partial charge in [0.1, 0.15) is 0 Å². The number of nitrogens with one attached hydrogen (secondary N) is 2. The summed E-state index contributed by atoms with van der Waals surface area (Å²) in [7, 11) is -7.99. The molecule has 15 heteroatoms. The molecule has 0 aliphatic carbocycles. The number of amides is 1. The van der Waals surface area contributed by atoms with E-state index in [4.69, 9.17) is 5.11 Å². The number of benzene rings is 3. The third-order valence-corrected chi connectivity index (χ3v) is 9.78. The van der Waals surface area contributed by atoms with Gasteiger partial charge in [-0.3, -0.25) is 4.79 Å². The summed E-state index contributed by atoms with van der Waals surface area (Å²) in [4.78, 5) is 14.2. The van der Waals surface area contributed by atoms with Crippen LogP contribution in [-0.4, -0.2) is 71.5 Å². The summed E-state index contributed by atoms with van der Waals surface area (Å²) in [5.41, 5.74) is -0.344. The Morgan fingerprint density at radius 1 is 0.878 bits per heavy atom. The topological polar surface area (TPSA) is 136 Å². The van der Waals surface area contributed by atoms with Crippen LogP contribution in [0.5, 0.6) is 0 Å². The smallest absolute Gasteiger partial charge is 0.395 e. The number of hydrogen-bond acceptors (Lipinski definition) is 7.